The van der Waals surface area contributed by atoms with Gasteiger partial charge in [-0.25, -0.2) is 0 Å². The second kappa shape index (κ2) is 6.39. The van der Waals surface area contributed by atoms with E-state index in [9.17, 15) is 4.79 Å². The Morgan fingerprint density at radius 2 is 1.64 bits per heavy atom. The molecular formula is C17H14Cl2N2O. The molecule has 1 N–H and O–H groups in total. The van der Waals surface area contributed by atoms with Crippen LogP contribution in [0.15, 0.2) is 42.5 Å². The fourth-order valence-corrected chi connectivity index (χ4v) is 2.49. The minimum Gasteiger partial charge on any atom is -0.325 e. The Kier molecular flexibility index (Phi) is 4.75. The second-order valence-electron chi connectivity index (χ2n) is 5.43. The summed E-state index contributed by atoms with van der Waals surface area (Å²) in [6.07, 6.45) is 0. The predicted molar refractivity (Wildman–Crippen MR) is 89.3 cm³/mol. The van der Waals surface area contributed by atoms with Crippen LogP contribution in [0.1, 0.15) is 25.0 Å². The highest BCUT2D eigenvalue weighted by molar-refractivity contribution is 6.34. The number of nitriles is 1. The number of hydrogen-bond acceptors (Lipinski definition) is 2. The first-order valence-corrected chi connectivity index (χ1v) is 7.37. The van der Waals surface area contributed by atoms with E-state index in [-0.39, 0.29) is 5.91 Å². The maximum atomic E-state index is 12.5. The molecule has 0 aliphatic heterocycles. The van der Waals surface area contributed by atoms with Crippen LogP contribution in [0.4, 0.5) is 5.69 Å². The Morgan fingerprint density at radius 1 is 1.09 bits per heavy atom. The van der Waals surface area contributed by atoms with Crippen LogP contribution in [-0.2, 0) is 10.2 Å². The fraction of sp³-hybridized carbons (Fsp3) is 0.176. The van der Waals surface area contributed by atoms with Crippen LogP contribution in [0.5, 0.6) is 0 Å². The maximum Gasteiger partial charge on any atom is 0.234 e. The molecular weight excluding hydrogens is 319 g/mol. The fourth-order valence-electron chi connectivity index (χ4n) is 1.96. The average Bonchev–Trinajstić information content (AvgIpc) is 2.47. The molecule has 0 radical (unpaired) electrons. The average molecular weight is 333 g/mol. The van der Waals surface area contributed by atoms with Gasteiger partial charge in [0.1, 0.15) is 0 Å². The Hall–Kier alpha value is -2.02. The van der Waals surface area contributed by atoms with E-state index in [0.29, 0.717) is 21.3 Å². The van der Waals surface area contributed by atoms with Gasteiger partial charge in [-0.1, -0.05) is 23.2 Å². The van der Waals surface area contributed by atoms with E-state index in [1.807, 2.05) is 6.07 Å². The third-order valence-corrected chi connectivity index (χ3v) is 3.86. The molecule has 1 amide bonds. The monoisotopic (exact) mass is 332 g/mol. The van der Waals surface area contributed by atoms with Gasteiger partial charge in [-0.15, -0.1) is 0 Å². The van der Waals surface area contributed by atoms with Crippen LogP contribution >= 0.6 is 23.2 Å². The lowest BCUT2D eigenvalue weighted by Crippen LogP contribution is -2.34. The second-order valence-corrected chi connectivity index (χ2v) is 6.30. The summed E-state index contributed by atoms with van der Waals surface area (Å²) in [6.45, 7) is 3.60. The van der Waals surface area contributed by atoms with Crippen molar-refractivity contribution in [1.82, 2.24) is 0 Å². The molecule has 0 saturated heterocycles. The number of anilines is 1. The van der Waals surface area contributed by atoms with Crippen molar-refractivity contribution < 1.29 is 4.79 Å². The van der Waals surface area contributed by atoms with E-state index >= 15 is 0 Å². The van der Waals surface area contributed by atoms with Crippen LogP contribution < -0.4 is 5.32 Å². The molecule has 22 heavy (non-hydrogen) atoms. The molecule has 0 aromatic heterocycles. The first kappa shape index (κ1) is 16.4. The minimum absolute atomic E-state index is 0.185. The standard InChI is InChI=1S/C17H14Cl2N2O/c1-17(2,12-7-13(18)9-14(19)8-12)16(22)21-15-5-3-11(10-20)4-6-15/h3-9H,1-2H3,(H,21,22). The number of halogens is 2. The van der Waals surface area contributed by atoms with E-state index in [1.54, 1.807) is 56.3 Å². The summed E-state index contributed by atoms with van der Waals surface area (Å²) >= 11 is 12.0. The Bertz CT molecular complexity index is 726. The highest BCUT2D eigenvalue weighted by Crippen LogP contribution is 2.30. The molecule has 2 rings (SSSR count). The normalized spacial score (nSPS) is 10.9. The molecule has 0 unspecified atom stereocenters. The molecule has 5 heteroatoms. The molecule has 0 atom stereocenters. The third-order valence-electron chi connectivity index (χ3n) is 3.42. The number of amides is 1. The maximum absolute atomic E-state index is 12.5. The van der Waals surface area contributed by atoms with Gasteiger partial charge in [0.2, 0.25) is 5.91 Å². The Morgan fingerprint density at radius 3 is 2.14 bits per heavy atom. The van der Waals surface area contributed by atoms with Crippen LogP contribution in [0.25, 0.3) is 0 Å². The van der Waals surface area contributed by atoms with Gasteiger partial charge in [-0.05, 0) is 61.9 Å². The van der Waals surface area contributed by atoms with Crippen molar-refractivity contribution in [1.29, 1.82) is 5.26 Å². The van der Waals surface area contributed by atoms with E-state index in [4.69, 9.17) is 28.5 Å². The van der Waals surface area contributed by atoms with Crippen LogP contribution in [0.2, 0.25) is 10.0 Å². The molecule has 3 nitrogen and oxygen atoms in total. The van der Waals surface area contributed by atoms with Gasteiger partial charge in [-0.2, -0.15) is 5.26 Å². The predicted octanol–water partition coefficient (Wildman–Crippen LogP) is 4.78. The van der Waals surface area contributed by atoms with E-state index in [2.05, 4.69) is 5.32 Å². The molecule has 0 aliphatic rings. The van der Waals surface area contributed by atoms with Gasteiger partial charge >= 0.3 is 0 Å². The first-order valence-electron chi connectivity index (χ1n) is 6.61. The summed E-state index contributed by atoms with van der Waals surface area (Å²) in [7, 11) is 0. The lowest BCUT2D eigenvalue weighted by Gasteiger charge is -2.24. The van der Waals surface area contributed by atoms with Gasteiger partial charge in [-0.3, -0.25) is 4.79 Å². The molecule has 0 bridgehead atoms. The molecule has 2 aromatic rings. The molecule has 2 aromatic carbocycles. The number of carbonyl (C=O) groups excluding carboxylic acids is 1. The van der Waals surface area contributed by atoms with Gasteiger partial charge in [0.25, 0.3) is 0 Å². The van der Waals surface area contributed by atoms with E-state index in [1.165, 1.54) is 0 Å². The van der Waals surface area contributed by atoms with Crippen LogP contribution in [-0.4, -0.2) is 5.91 Å². The molecule has 0 aliphatic carbocycles. The Balaban J connectivity index is 2.24. The minimum atomic E-state index is -0.803. The van der Waals surface area contributed by atoms with Crippen molar-refractivity contribution in [2.24, 2.45) is 0 Å². The first-order chi connectivity index (χ1) is 10.3. The number of carbonyl (C=O) groups is 1. The largest absolute Gasteiger partial charge is 0.325 e. The molecule has 0 saturated carbocycles. The van der Waals surface area contributed by atoms with Crippen molar-refractivity contribution >= 4 is 34.8 Å². The summed E-state index contributed by atoms with van der Waals surface area (Å²) in [5, 5.41) is 12.6. The van der Waals surface area contributed by atoms with Crippen molar-refractivity contribution in [3.63, 3.8) is 0 Å². The third kappa shape index (κ3) is 3.59. The highest BCUT2D eigenvalue weighted by atomic mass is 35.5. The lowest BCUT2D eigenvalue weighted by molar-refractivity contribution is -0.120. The number of hydrogen-bond donors (Lipinski definition) is 1. The van der Waals surface area contributed by atoms with Gasteiger partial charge in [0.05, 0.1) is 17.0 Å². The zero-order valence-electron chi connectivity index (χ0n) is 12.2. The van der Waals surface area contributed by atoms with E-state index in [0.717, 1.165) is 5.56 Å². The quantitative estimate of drug-likeness (QED) is 0.879. The van der Waals surface area contributed by atoms with Gasteiger partial charge in [0, 0.05) is 15.7 Å². The summed E-state index contributed by atoms with van der Waals surface area (Å²) in [4.78, 5) is 12.5. The van der Waals surface area contributed by atoms with Crippen LogP contribution in [0, 0.1) is 11.3 Å². The number of benzene rings is 2. The zero-order chi connectivity index (χ0) is 16.3. The summed E-state index contributed by atoms with van der Waals surface area (Å²) in [5.74, 6) is -0.185. The van der Waals surface area contributed by atoms with Crippen molar-refractivity contribution in [3.05, 3.63) is 63.6 Å². The summed E-state index contributed by atoms with van der Waals surface area (Å²) < 4.78 is 0. The number of nitrogens with one attached hydrogen (secondary N) is 1. The van der Waals surface area contributed by atoms with Crippen molar-refractivity contribution in [3.8, 4) is 6.07 Å². The SMILES string of the molecule is CC(C)(C(=O)Nc1ccc(C#N)cc1)c1cc(Cl)cc(Cl)c1. The van der Waals surface area contributed by atoms with Gasteiger partial charge < -0.3 is 5.32 Å². The number of rotatable bonds is 3. The van der Waals surface area contributed by atoms with Crippen molar-refractivity contribution in [2.45, 2.75) is 19.3 Å². The lowest BCUT2D eigenvalue weighted by atomic mass is 9.83. The topological polar surface area (TPSA) is 52.9 Å². The molecule has 112 valence electrons. The highest BCUT2D eigenvalue weighted by Gasteiger charge is 2.30. The molecule has 0 spiro atoms. The smallest absolute Gasteiger partial charge is 0.234 e. The van der Waals surface area contributed by atoms with Crippen LogP contribution in [0.3, 0.4) is 0 Å². The van der Waals surface area contributed by atoms with E-state index < -0.39 is 5.41 Å². The zero-order valence-corrected chi connectivity index (χ0v) is 13.7. The summed E-state index contributed by atoms with van der Waals surface area (Å²) in [6, 6.07) is 13.8. The Labute approximate surface area is 139 Å². The molecule has 0 heterocycles. The van der Waals surface area contributed by atoms with Crippen molar-refractivity contribution in [2.75, 3.05) is 5.32 Å². The van der Waals surface area contributed by atoms with Gasteiger partial charge in [0.15, 0.2) is 0 Å². The number of nitrogens with zero attached hydrogens (tertiary/aromatic N) is 1. The molecule has 0 fully saturated rings. The summed E-state index contributed by atoms with van der Waals surface area (Å²) in [5.41, 5.74) is 1.10.